The number of piperidine rings is 1. The van der Waals surface area contributed by atoms with Gasteiger partial charge in [-0.25, -0.2) is 4.79 Å². The standard InChI is InChI=1S/C17H30N4O2.HI/c1-2-23-16(22)21-10-6-14(7-11-21)20-15(18)19-12-17(8-3-9-17)13-4-5-13;/h13-14H,2-12H2,1H3,(H3,18,19,20);1H. The van der Waals surface area contributed by atoms with Gasteiger partial charge >= 0.3 is 6.09 Å². The van der Waals surface area contributed by atoms with Crippen molar-refractivity contribution in [1.82, 2.24) is 10.2 Å². The molecule has 0 spiro atoms. The van der Waals surface area contributed by atoms with Gasteiger partial charge in [-0.1, -0.05) is 6.42 Å². The van der Waals surface area contributed by atoms with E-state index in [1.165, 1.54) is 32.1 Å². The van der Waals surface area contributed by atoms with Gasteiger partial charge in [-0.15, -0.1) is 24.0 Å². The zero-order valence-corrected chi connectivity index (χ0v) is 17.0. The molecule has 0 radical (unpaired) electrons. The molecule has 0 aromatic heterocycles. The SMILES string of the molecule is CCOC(=O)N1CCC(NC(N)=NCC2(C3CC3)CCC2)CC1.I. The summed E-state index contributed by atoms with van der Waals surface area (Å²) in [6.45, 7) is 4.59. The number of carbonyl (C=O) groups is 1. The lowest BCUT2D eigenvalue weighted by Gasteiger charge is -2.41. The predicted octanol–water partition coefficient (Wildman–Crippen LogP) is 2.71. The lowest BCUT2D eigenvalue weighted by atomic mass is 9.65. The minimum Gasteiger partial charge on any atom is -0.450 e. The van der Waals surface area contributed by atoms with Gasteiger partial charge < -0.3 is 20.7 Å². The maximum atomic E-state index is 11.7. The van der Waals surface area contributed by atoms with Crippen LogP contribution >= 0.6 is 24.0 Å². The number of hydrogen-bond donors (Lipinski definition) is 2. The summed E-state index contributed by atoms with van der Waals surface area (Å²) in [6, 6.07) is 0.308. The van der Waals surface area contributed by atoms with Crippen LogP contribution in [0.15, 0.2) is 4.99 Å². The molecule has 3 aliphatic rings. The second-order valence-corrected chi connectivity index (χ2v) is 7.30. The molecule has 1 heterocycles. The van der Waals surface area contributed by atoms with E-state index >= 15 is 0 Å². The molecule has 24 heavy (non-hydrogen) atoms. The molecule has 2 saturated carbocycles. The van der Waals surface area contributed by atoms with Crippen molar-refractivity contribution in [3.05, 3.63) is 0 Å². The van der Waals surface area contributed by atoms with Crippen LogP contribution in [0.5, 0.6) is 0 Å². The highest BCUT2D eigenvalue weighted by atomic mass is 127. The van der Waals surface area contributed by atoms with Crippen LogP contribution in [0.25, 0.3) is 0 Å². The number of ether oxygens (including phenoxy) is 1. The van der Waals surface area contributed by atoms with Gasteiger partial charge in [-0.3, -0.25) is 4.99 Å². The maximum Gasteiger partial charge on any atom is 0.409 e. The van der Waals surface area contributed by atoms with Crippen LogP contribution in [-0.2, 0) is 4.74 Å². The van der Waals surface area contributed by atoms with Gasteiger partial charge in [-0.2, -0.15) is 0 Å². The Morgan fingerprint density at radius 1 is 1.29 bits per heavy atom. The molecule has 0 aromatic rings. The molecule has 1 amide bonds. The Hall–Kier alpha value is -0.730. The Kier molecular flexibility index (Phi) is 7.00. The number of amides is 1. The molecule has 0 unspecified atom stereocenters. The zero-order valence-electron chi connectivity index (χ0n) is 14.6. The van der Waals surface area contributed by atoms with E-state index in [0.717, 1.165) is 38.4 Å². The Labute approximate surface area is 162 Å². The van der Waals surface area contributed by atoms with E-state index in [4.69, 9.17) is 10.5 Å². The van der Waals surface area contributed by atoms with Gasteiger partial charge in [0.25, 0.3) is 0 Å². The van der Waals surface area contributed by atoms with Crippen LogP contribution in [0, 0.1) is 11.3 Å². The first kappa shape index (κ1) is 19.6. The molecule has 3 fully saturated rings. The van der Waals surface area contributed by atoms with Gasteiger partial charge in [0, 0.05) is 25.7 Å². The third-order valence-electron chi connectivity index (χ3n) is 5.73. The maximum absolute atomic E-state index is 11.7. The fraction of sp³-hybridized carbons (Fsp3) is 0.882. The number of nitrogens with two attached hydrogens (primary N) is 1. The highest BCUT2D eigenvalue weighted by molar-refractivity contribution is 14.0. The fourth-order valence-corrected chi connectivity index (χ4v) is 3.94. The minimum atomic E-state index is -0.205. The lowest BCUT2D eigenvalue weighted by Crippen LogP contribution is -2.49. The summed E-state index contributed by atoms with van der Waals surface area (Å²) >= 11 is 0. The number of rotatable bonds is 5. The Bertz CT molecular complexity index is 456. The van der Waals surface area contributed by atoms with E-state index in [9.17, 15) is 4.79 Å². The Morgan fingerprint density at radius 2 is 1.96 bits per heavy atom. The molecule has 3 rings (SSSR count). The van der Waals surface area contributed by atoms with Crippen LogP contribution in [0.1, 0.15) is 51.9 Å². The van der Waals surface area contributed by atoms with Crippen LogP contribution in [-0.4, -0.2) is 49.2 Å². The first-order chi connectivity index (χ1) is 11.1. The van der Waals surface area contributed by atoms with Crippen molar-refractivity contribution in [2.45, 2.75) is 57.9 Å². The summed E-state index contributed by atoms with van der Waals surface area (Å²) in [5, 5.41) is 3.34. The van der Waals surface area contributed by atoms with Crippen LogP contribution in [0.2, 0.25) is 0 Å². The zero-order chi connectivity index (χ0) is 16.3. The molecule has 1 aliphatic heterocycles. The lowest BCUT2D eigenvalue weighted by molar-refractivity contribution is 0.0962. The van der Waals surface area contributed by atoms with Crippen molar-refractivity contribution in [2.24, 2.45) is 22.1 Å². The normalized spacial score (nSPS) is 23.9. The number of aliphatic imine (C=N–C) groups is 1. The molecular formula is C17H31IN4O2. The summed E-state index contributed by atoms with van der Waals surface area (Å²) < 4.78 is 5.04. The Balaban J connectivity index is 0.00000208. The second kappa shape index (κ2) is 8.58. The number of guanidine groups is 1. The number of hydrogen-bond acceptors (Lipinski definition) is 3. The topological polar surface area (TPSA) is 80.0 Å². The van der Waals surface area contributed by atoms with Crippen molar-refractivity contribution in [3.63, 3.8) is 0 Å². The number of carbonyl (C=O) groups excluding carboxylic acids is 1. The third kappa shape index (κ3) is 4.67. The van der Waals surface area contributed by atoms with Crippen LogP contribution in [0.3, 0.4) is 0 Å². The summed E-state index contributed by atoms with van der Waals surface area (Å²) in [5.41, 5.74) is 6.56. The Morgan fingerprint density at radius 3 is 2.46 bits per heavy atom. The number of halogens is 1. The average molecular weight is 450 g/mol. The van der Waals surface area contributed by atoms with Gasteiger partial charge in [-0.05, 0) is 56.8 Å². The van der Waals surface area contributed by atoms with Gasteiger partial charge in [0.1, 0.15) is 0 Å². The molecule has 7 heteroatoms. The van der Waals surface area contributed by atoms with Crippen molar-refractivity contribution in [1.29, 1.82) is 0 Å². The largest absolute Gasteiger partial charge is 0.450 e. The molecule has 3 N–H and O–H groups in total. The average Bonchev–Trinajstić information content (AvgIpc) is 3.32. The van der Waals surface area contributed by atoms with Crippen LogP contribution < -0.4 is 11.1 Å². The predicted molar refractivity (Wildman–Crippen MR) is 106 cm³/mol. The first-order valence-electron chi connectivity index (χ1n) is 9.11. The number of nitrogens with zero attached hydrogens (tertiary/aromatic N) is 2. The molecule has 138 valence electrons. The summed E-state index contributed by atoms with van der Waals surface area (Å²) in [5.74, 6) is 1.48. The van der Waals surface area contributed by atoms with E-state index in [-0.39, 0.29) is 30.1 Å². The molecule has 6 nitrogen and oxygen atoms in total. The smallest absolute Gasteiger partial charge is 0.409 e. The quantitative estimate of drug-likeness (QED) is 0.384. The fourth-order valence-electron chi connectivity index (χ4n) is 3.94. The first-order valence-corrected chi connectivity index (χ1v) is 9.11. The molecule has 2 aliphatic carbocycles. The van der Waals surface area contributed by atoms with Gasteiger partial charge in [0.05, 0.1) is 6.61 Å². The number of nitrogens with one attached hydrogen (secondary N) is 1. The van der Waals surface area contributed by atoms with Gasteiger partial charge in [0.15, 0.2) is 5.96 Å². The summed E-state index contributed by atoms with van der Waals surface area (Å²) in [4.78, 5) is 18.1. The highest BCUT2D eigenvalue weighted by Crippen LogP contribution is 2.57. The van der Waals surface area contributed by atoms with E-state index in [0.29, 0.717) is 24.0 Å². The molecule has 0 aromatic carbocycles. The molecule has 0 atom stereocenters. The molecular weight excluding hydrogens is 419 g/mol. The minimum absolute atomic E-state index is 0. The van der Waals surface area contributed by atoms with E-state index in [2.05, 4.69) is 10.3 Å². The highest BCUT2D eigenvalue weighted by Gasteiger charge is 2.48. The van der Waals surface area contributed by atoms with Crippen molar-refractivity contribution in [2.75, 3.05) is 26.2 Å². The molecule has 1 saturated heterocycles. The third-order valence-corrected chi connectivity index (χ3v) is 5.73. The van der Waals surface area contributed by atoms with Gasteiger partial charge in [0.2, 0.25) is 0 Å². The summed E-state index contributed by atoms with van der Waals surface area (Å²) in [6.07, 6.45) is 8.35. The van der Waals surface area contributed by atoms with E-state index in [1.807, 2.05) is 6.92 Å². The van der Waals surface area contributed by atoms with Crippen molar-refractivity contribution < 1.29 is 9.53 Å². The van der Waals surface area contributed by atoms with E-state index in [1.54, 1.807) is 4.90 Å². The molecule has 0 bridgehead atoms. The van der Waals surface area contributed by atoms with Crippen molar-refractivity contribution in [3.8, 4) is 0 Å². The summed E-state index contributed by atoms with van der Waals surface area (Å²) in [7, 11) is 0. The number of likely N-dealkylation sites (tertiary alicyclic amines) is 1. The van der Waals surface area contributed by atoms with E-state index < -0.39 is 0 Å². The second-order valence-electron chi connectivity index (χ2n) is 7.30. The van der Waals surface area contributed by atoms with Crippen LogP contribution in [0.4, 0.5) is 4.79 Å². The monoisotopic (exact) mass is 450 g/mol. The van der Waals surface area contributed by atoms with Crippen molar-refractivity contribution >= 4 is 36.0 Å².